The van der Waals surface area contributed by atoms with Crippen molar-refractivity contribution in [1.29, 1.82) is 0 Å². The van der Waals surface area contributed by atoms with Crippen LogP contribution in [0.25, 0.3) is 0 Å². The minimum Gasteiger partial charge on any atom is -0.508 e. The Bertz CT molecular complexity index is 398. The van der Waals surface area contributed by atoms with Gasteiger partial charge < -0.3 is 10.9 Å². The number of phenols is 1. The summed E-state index contributed by atoms with van der Waals surface area (Å²) in [6.45, 7) is 3.04. The van der Waals surface area contributed by atoms with Crippen molar-refractivity contribution in [3.8, 4) is 5.75 Å². The van der Waals surface area contributed by atoms with Crippen molar-refractivity contribution in [2.75, 3.05) is 13.1 Å². The molecule has 2 rings (SSSR count). The molecule has 4 nitrogen and oxygen atoms in total. The standard InChI is InChI=1S/C13H19N3O/c14-15-9-11-4-5-13(17)12(8-11)10-16-6-2-1-3-7-16/h4-5,8-9,17H,1-3,6-7,10,14H2. The highest BCUT2D eigenvalue weighted by Crippen LogP contribution is 2.21. The Hall–Kier alpha value is -1.55. The summed E-state index contributed by atoms with van der Waals surface area (Å²) < 4.78 is 0. The number of hydrogen-bond acceptors (Lipinski definition) is 4. The Morgan fingerprint density at radius 1 is 1.29 bits per heavy atom. The number of nitrogens with two attached hydrogens (primary N) is 1. The Kier molecular flexibility index (Phi) is 3.98. The average molecular weight is 233 g/mol. The maximum atomic E-state index is 9.83. The van der Waals surface area contributed by atoms with Crippen LogP contribution in [-0.4, -0.2) is 29.3 Å². The van der Waals surface area contributed by atoms with Gasteiger partial charge in [0.1, 0.15) is 5.75 Å². The molecule has 0 aliphatic carbocycles. The van der Waals surface area contributed by atoms with Crippen LogP contribution in [0, 0.1) is 0 Å². The summed E-state index contributed by atoms with van der Waals surface area (Å²) in [5.41, 5.74) is 1.88. The first-order chi connectivity index (χ1) is 8.29. The first-order valence-corrected chi connectivity index (χ1v) is 6.07. The van der Waals surface area contributed by atoms with Crippen LogP contribution in [0.5, 0.6) is 5.75 Å². The molecule has 1 saturated heterocycles. The van der Waals surface area contributed by atoms with Gasteiger partial charge in [-0.3, -0.25) is 4.90 Å². The molecule has 3 N–H and O–H groups in total. The van der Waals surface area contributed by atoms with E-state index in [0.717, 1.165) is 30.8 Å². The lowest BCUT2D eigenvalue weighted by atomic mass is 10.1. The van der Waals surface area contributed by atoms with Crippen LogP contribution in [-0.2, 0) is 6.54 Å². The topological polar surface area (TPSA) is 61.9 Å². The number of hydrogen-bond donors (Lipinski definition) is 2. The molecule has 0 spiro atoms. The van der Waals surface area contributed by atoms with E-state index < -0.39 is 0 Å². The van der Waals surface area contributed by atoms with Gasteiger partial charge >= 0.3 is 0 Å². The van der Waals surface area contributed by atoms with Crippen molar-refractivity contribution in [3.63, 3.8) is 0 Å². The predicted molar refractivity (Wildman–Crippen MR) is 69.0 cm³/mol. The minimum atomic E-state index is 0.352. The normalized spacial score (nSPS) is 17.6. The number of hydrazone groups is 1. The van der Waals surface area contributed by atoms with E-state index in [1.807, 2.05) is 12.1 Å². The van der Waals surface area contributed by atoms with Crippen molar-refractivity contribution >= 4 is 6.21 Å². The lowest BCUT2D eigenvalue weighted by Crippen LogP contribution is -2.29. The van der Waals surface area contributed by atoms with Crippen molar-refractivity contribution < 1.29 is 5.11 Å². The molecule has 0 bridgehead atoms. The zero-order valence-corrected chi connectivity index (χ0v) is 9.97. The third-order valence-electron chi connectivity index (χ3n) is 3.17. The largest absolute Gasteiger partial charge is 0.508 e. The third-order valence-corrected chi connectivity index (χ3v) is 3.17. The van der Waals surface area contributed by atoms with Crippen LogP contribution in [0.2, 0.25) is 0 Å². The molecule has 1 aromatic carbocycles. The monoisotopic (exact) mass is 233 g/mol. The van der Waals surface area contributed by atoms with Crippen LogP contribution >= 0.6 is 0 Å². The van der Waals surface area contributed by atoms with Crippen LogP contribution < -0.4 is 5.84 Å². The Balaban J connectivity index is 2.10. The van der Waals surface area contributed by atoms with Crippen LogP contribution in [0.15, 0.2) is 23.3 Å². The van der Waals surface area contributed by atoms with E-state index in [1.54, 1.807) is 12.3 Å². The summed E-state index contributed by atoms with van der Waals surface area (Å²) in [5.74, 6) is 5.48. The molecule has 92 valence electrons. The van der Waals surface area contributed by atoms with Gasteiger partial charge in [0, 0.05) is 12.1 Å². The summed E-state index contributed by atoms with van der Waals surface area (Å²) in [7, 11) is 0. The van der Waals surface area contributed by atoms with Crippen molar-refractivity contribution in [2.45, 2.75) is 25.8 Å². The smallest absolute Gasteiger partial charge is 0.120 e. The van der Waals surface area contributed by atoms with E-state index >= 15 is 0 Å². The highest BCUT2D eigenvalue weighted by Gasteiger charge is 2.12. The highest BCUT2D eigenvalue weighted by molar-refractivity contribution is 5.80. The Morgan fingerprint density at radius 2 is 2.06 bits per heavy atom. The maximum Gasteiger partial charge on any atom is 0.120 e. The molecule has 0 amide bonds. The number of phenolic OH excluding ortho intramolecular Hbond substituents is 1. The molecule has 0 atom stereocenters. The van der Waals surface area contributed by atoms with Crippen LogP contribution in [0.3, 0.4) is 0 Å². The fourth-order valence-electron chi connectivity index (χ4n) is 2.26. The highest BCUT2D eigenvalue weighted by atomic mass is 16.3. The van der Waals surface area contributed by atoms with Crippen molar-refractivity contribution in [2.24, 2.45) is 10.9 Å². The van der Waals surface area contributed by atoms with Crippen LogP contribution in [0.1, 0.15) is 30.4 Å². The maximum absolute atomic E-state index is 9.83. The minimum absolute atomic E-state index is 0.352. The molecule has 1 aliphatic rings. The summed E-state index contributed by atoms with van der Waals surface area (Å²) in [5, 5.41) is 13.3. The molecule has 1 fully saturated rings. The second-order valence-corrected chi connectivity index (χ2v) is 4.50. The van der Waals surface area contributed by atoms with Gasteiger partial charge in [-0.25, -0.2) is 0 Å². The molecule has 1 aliphatic heterocycles. The number of nitrogens with zero attached hydrogens (tertiary/aromatic N) is 2. The van der Waals surface area contributed by atoms with Gasteiger partial charge in [-0.05, 0) is 49.7 Å². The number of aromatic hydroxyl groups is 1. The summed E-state index contributed by atoms with van der Waals surface area (Å²) in [4.78, 5) is 2.38. The van der Waals surface area contributed by atoms with E-state index in [4.69, 9.17) is 5.84 Å². The first-order valence-electron chi connectivity index (χ1n) is 6.07. The molecule has 0 aromatic heterocycles. The zero-order valence-electron chi connectivity index (χ0n) is 9.97. The lowest BCUT2D eigenvalue weighted by molar-refractivity contribution is 0.218. The summed E-state index contributed by atoms with van der Waals surface area (Å²) in [6, 6.07) is 5.46. The Labute approximate surface area is 102 Å². The summed E-state index contributed by atoms with van der Waals surface area (Å²) >= 11 is 0. The van der Waals surface area contributed by atoms with Gasteiger partial charge in [0.2, 0.25) is 0 Å². The van der Waals surface area contributed by atoms with Crippen molar-refractivity contribution in [3.05, 3.63) is 29.3 Å². The van der Waals surface area contributed by atoms with Gasteiger partial charge in [-0.1, -0.05) is 6.42 Å². The first kappa shape index (κ1) is 11.9. The van der Waals surface area contributed by atoms with Gasteiger partial charge in [0.25, 0.3) is 0 Å². The van der Waals surface area contributed by atoms with Gasteiger partial charge in [0.05, 0.1) is 6.21 Å². The molecule has 0 unspecified atom stereocenters. The lowest BCUT2D eigenvalue weighted by Gasteiger charge is -2.26. The van der Waals surface area contributed by atoms with Gasteiger partial charge in [-0.2, -0.15) is 5.10 Å². The number of likely N-dealkylation sites (tertiary alicyclic amines) is 1. The average Bonchev–Trinajstić information content (AvgIpc) is 2.35. The van der Waals surface area contributed by atoms with Crippen LogP contribution in [0.4, 0.5) is 0 Å². The fraction of sp³-hybridized carbons (Fsp3) is 0.462. The number of benzene rings is 1. The predicted octanol–water partition coefficient (Wildman–Crippen LogP) is 1.67. The number of rotatable bonds is 3. The van der Waals surface area contributed by atoms with E-state index in [1.165, 1.54) is 19.3 Å². The second-order valence-electron chi connectivity index (χ2n) is 4.50. The van der Waals surface area contributed by atoms with E-state index in [9.17, 15) is 5.11 Å². The molecule has 1 heterocycles. The SMILES string of the molecule is NN=Cc1ccc(O)c(CN2CCCCC2)c1. The zero-order chi connectivity index (χ0) is 12.1. The fourth-order valence-corrected chi connectivity index (χ4v) is 2.26. The van der Waals surface area contributed by atoms with Gasteiger partial charge in [0.15, 0.2) is 0 Å². The molecular formula is C13H19N3O. The van der Waals surface area contributed by atoms with Crippen molar-refractivity contribution in [1.82, 2.24) is 4.90 Å². The van der Waals surface area contributed by atoms with E-state index in [-0.39, 0.29) is 0 Å². The quantitative estimate of drug-likeness (QED) is 0.474. The van der Waals surface area contributed by atoms with E-state index in [2.05, 4.69) is 10.0 Å². The molecule has 1 aromatic rings. The molecule has 0 radical (unpaired) electrons. The van der Waals surface area contributed by atoms with Gasteiger partial charge in [-0.15, -0.1) is 0 Å². The Morgan fingerprint density at radius 3 is 2.76 bits per heavy atom. The molecule has 4 heteroatoms. The molecular weight excluding hydrogens is 214 g/mol. The van der Waals surface area contributed by atoms with E-state index in [0.29, 0.717) is 5.75 Å². The summed E-state index contributed by atoms with van der Waals surface area (Å²) in [6.07, 6.45) is 5.43. The molecule has 17 heavy (non-hydrogen) atoms. The number of piperidine rings is 1. The third kappa shape index (κ3) is 3.20. The second kappa shape index (κ2) is 5.68. The molecule has 0 saturated carbocycles.